The van der Waals surface area contributed by atoms with Gasteiger partial charge < -0.3 is 4.42 Å². The van der Waals surface area contributed by atoms with Crippen LogP contribution >= 0.6 is 23.1 Å². The summed E-state index contributed by atoms with van der Waals surface area (Å²) in [5.41, 5.74) is 3.07. The summed E-state index contributed by atoms with van der Waals surface area (Å²) in [5.74, 6) is 1.56. The molecule has 1 aromatic carbocycles. The predicted octanol–water partition coefficient (Wildman–Crippen LogP) is 5.33. The smallest absolute Gasteiger partial charge is 0.226 e. The lowest BCUT2D eigenvalue weighted by Gasteiger charge is -2.21. The standard InChI is InChI=1S/C19H23N3OS2/c1-12-11-25-19(20-12)13(2)22(4)10-17-14(3)23-18(21-17)15-6-8-16(24-5)9-7-15/h6-9,11,13H,10H2,1-5H3. The number of oxazole rings is 1. The Bertz CT molecular complexity index is 839. The molecule has 2 aromatic heterocycles. The molecular formula is C19H23N3OS2. The fourth-order valence-corrected chi connectivity index (χ4v) is 3.88. The first-order chi connectivity index (χ1) is 12.0. The number of hydrogen-bond donors (Lipinski definition) is 0. The highest BCUT2D eigenvalue weighted by molar-refractivity contribution is 7.98. The number of aromatic nitrogens is 2. The van der Waals surface area contributed by atoms with Gasteiger partial charge in [0.05, 0.1) is 11.7 Å². The van der Waals surface area contributed by atoms with Crippen LogP contribution in [0.1, 0.15) is 35.1 Å². The third-order valence-electron chi connectivity index (χ3n) is 4.28. The second kappa shape index (κ2) is 7.72. The van der Waals surface area contributed by atoms with Gasteiger partial charge in [-0.1, -0.05) is 0 Å². The fraction of sp³-hybridized carbons (Fsp3) is 0.368. The van der Waals surface area contributed by atoms with Crippen LogP contribution < -0.4 is 0 Å². The first-order valence-corrected chi connectivity index (χ1v) is 10.3. The van der Waals surface area contributed by atoms with E-state index in [4.69, 9.17) is 9.40 Å². The molecule has 0 radical (unpaired) electrons. The van der Waals surface area contributed by atoms with Crippen molar-refractivity contribution >= 4 is 23.1 Å². The van der Waals surface area contributed by atoms with Gasteiger partial charge in [0.1, 0.15) is 10.8 Å². The van der Waals surface area contributed by atoms with Gasteiger partial charge in [-0.2, -0.15) is 0 Å². The zero-order chi connectivity index (χ0) is 18.0. The minimum Gasteiger partial charge on any atom is -0.441 e. The van der Waals surface area contributed by atoms with Gasteiger partial charge in [0.2, 0.25) is 5.89 Å². The Kier molecular flexibility index (Phi) is 5.61. The van der Waals surface area contributed by atoms with E-state index in [1.165, 1.54) is 4.90 Å². The first kappa shape index (κ1) is 18.2. The summed E-state index contributed by atoms with van der Waals surface area (Å²) < 4.78 is 5.91. The van der Waals surface area contributed by atoms with Crippen LogP contribution in [0.3, 0.4) is 0 Å². The SMILES string of the molecule is CSc1ccc(-c2nc(CN(C)C(C)c3nc(C)cs3)c(C)o2)cc1. The lowest BCUT2D eigenvalue weighted by Crippen LogP contribution is -2.22. The van der Waals surface area contributed by atoms with Crippen molar-refractivity contribution in [3.05, 3.63) is 51.8 Å². The van der Waals surface area contributed by atoms with Crippen molar-refractivity contribution in [1.82, 2.24) is 14.9 Å². The number of rotatable bonds is 6. The highest BCUT2D eigenvalue weighted by Gasteiger charge is 2.19. The molecule has 4 nitrogen and oxygen atoms in total. The number of thioether (sulfide) groups is 1. The number of benzene rings is 1. The van der Waals surface area contributed by atoms with E-state index in [-0.39, 0.29) is 6.04 Å². The van der Waals surface area contributed by atoms with Crippen molar-refractivity contribution in [2.75, 3.05) is 13.3 Å². The first-order valence-electron chi connectivity index (χ1n) is 8.21. The van der Waals surface area contributed by atoms with E-state index >= 15 is 0 Å². The van der Waals surface area contributed by atoms with Crippen molar-refractivity contribution in [3.63, 3.8) is 0 Å². The predicted molar refractivity (Wildman–Crippen MR) is 105 cm³/mol. The Morgan fingerprint density at radius 3 is 2.52 bits per heavy atom. The van der Waals surface area contributed by atoms with Gasteiger partial charge in [-0.3, -0.25) is 4.90 Å². The van der Waals surface area contributed by atoms with Crippen molar-refractivity contribution in [2.45, 2.75) is 38.3 Å². The molecule has 3 rings (SSSR count). The molecule has 3 aromatic rings. The maximum absolute atomic E-state index is 5.91. The van der Waals surface area contributed by atoms with Crippen molar-refractivity contribution in [2.24, 2.45) is 0 Å². The molecule has 0 N–H and O–H groups in total. The lowest BCUT2D eigenvalue weighted by atomic mass is 10.2. The molecule has 0 amide bonds. The number of nitrogens with zero attached hydrogens (tertiary/aromatic N) is 3. The Morgan fingerprint density at radius 2 is 1.92 bits per heavy atom. The molecule has 0 aliphatic heterocycles. The third kappa shape index (κ3) is 4.14. The monoisotopic (exact) mass is 373 g/mol. The van der Waals surface area contributed by atoms with Crippen molar-refractivity contribution in [3.8, 4) is 11.5 Å². The van der Waals surface area contributed by atoms with Gasteiger partial charge in [-0.15, -0.1) is 23.1 Å². The number of aryl methyl sites for hydroxylation is 2. The van der Waals surface area contributed by atoms with Crippen LogP contribution in [0.4, 0.5) is 0 Å². The summed E-state index contributed by atoms with van der Waals surface area (Å²) in [6.45, 7) is 6.92. The molecule has 6 heteroatoms. The quantitative estimate of drug-likeness (QED) is 0.546. The number of hydrogen-bond acceptors (Lipinski definition) is 6. The summed E-state index contributed by atoms with van der Waals surface area (Å²) in [4.78, 5) is 12.8. The molecule has 0 saturated heterocycles. The van der Waals surface area contributed by atoms with E-state index in [0.29, 0.717) is 5.89 Å². The number of thiazole rings is 1. The summed E-state index contributed by atoms with van der Waals surface area (Å²) in [5, 5.41) is 3.23. The maximum atomic E-state index is 5.91. The average Bonchev–Trinajstić information content (AvgIpc) is 3.20. The fourth-order valence-electron chi connectivity index (χ4n) is 2.56. The molecule has 0 bridgehead atoms. The maximum Gasteiger partial charge on any atom is 0.226 e. The van der Waals surface area contributed by atoms with Gasteiger partial charge in [-0.05, 0) is 58.3 Å². The summed E-state index contributed by atoms with van der Waals surface area (Å²) in [6, 6.07) is 8.56. The molecule has 0 aliphatic rings. The minimum absolute atomic E-state index is 0.249. The van der Waals surface area contributed by atoms with E-state index in [1.807, 2.05) is 13.8 Å². The van der Waals surface area contributed by atoms with Crippen molar-refractivity contribution in [1.29, 1.82) is 0 Å². The molecule has 0 spiro atoms. The summed E-state index contributed by atoms with van der Waals surface area (Å²) >= 11 is 3.44. The van der Waals surface area contributed by atoms with Gasteiger partial charge in [-0.25, -0.2) is 9.97 Å². The Hall–Kier alpha value is -1.63. The molecule has 1 atom stereocenters. The van der Waals surface area contributed by atoms with Gasteiger partial charge in [0.15, 0.2) is 0 Å². The van der Waals surface area contributed by atoms with Crippen LogP contribution in [0.25, 0.3) is 11.5 Å². The molecule has 0 saturated carbocycles. The van der Waals surface area contributed by atoms with Crippen LogP contribution in [0.2, 0.25) is 0 Å². The van der Waals surface area contributed by atoms with Crippen LogP contribution in [0, 0.1) is 13.8 Å². The van der Waals surface area contributed by atoms with Crippen LogP contribution in [0.5, 0.6) is 0 Å². The molecule has 132 valence electrons. The summed E-state index contributed by atoms with van der Waals surface area (Å²) in [7, 11) is 2.10. The molecule has 2 heterocycles. The van der Waals surface area contributed by atoms with Gasteiger partial charge in [0, 0.05) is 28.1 Å². The lowest BCUT2D eigenvalue weighted by molar-refractivity contribution is 0.248. The van der Waals surface area contributed by atoms with Crippen LogP contribution in [-0.4, -0.2) is 28.2 Å². The van der Waals surface area contributed by atoms with E-state index in [2.05, 4.69) is 59.8 Å². The van der Waals surface area contributed by atoms with Crippen molar-refractivity contribution < 1.29 is 4.42 Å². The Balaban J connectivity index is 1.75. The molecule has 1 unspecified atom stereocenters. The second-order valence-corrected chi connectivity index (χ2v) is 7.94. The third-order valence-corrected chi connectivity index (χ3v) is 6.16. The highest BCUT2D eigenvalue weighted by atomic mass is 32.2. The van der Waals surface area contributed by atoms with Crippen LogP contribution in [-0.2, 0) is 6.54 Å². The average molecular weight is 374 g/mol. The largest absolute Gasteiger partial charge is 0.441 e. The topological polar surface area (TPSA) is 42.2 Å². The van der Waals surface area contributed by atoms with E-state index < -0.39 is 0 Å². The minimum atomic E-state index is 0.249. The molecule has 0 fully saturated rings. The zero-order valence-corrected chi connectivity index (χ0v) is 16.9. The normalized spacial score (nSPS) is 12.7. The van der Waals surface area contributed by atoms with E-state index in [1.54, 1.807) is 23.1 Å². The molecule has 25 heavy (non-hydrogen) atoms. The Labute approximate surface area is 157 Å². The van der Waals surface area contributed by atoms with E-state index in [0.717, 1.165) is 34.3 Å². The summed E-state index contributed by atoms with van der Waals surface area (Å²) in [6.07, 6.45) is 2.07. The molecular weight excluding hydrogens is 350 g/mol. The van der Waals surface area contributed by atoms with Gasteiger partial charge in [0.25, 0.3) is 0 Å². The second-order valence-electron chi connectivity index (χ2n) is 6.17. The Morgan fingerprint density at radius 1 is 1.20 bits per heavy atom. The molecule has 0 aliphatic carbocycles. The highest BCUT2D eigenvalue weighted by Crippen LogP contribution is 2.27. The van der Waals surface area contributed by atoms with Crippen LogP contribution in [0.15, 0.2) is 39.0 Å². The zero-order valence-electron chi connectivity index (χ0n) is 15.2. The van der Waals surface area contributed by atoms with E-state index in [9.17, 15) is 0 Å². The van der Waals surface area contributed by atoms with Gasteiger partial charge >= 0.3 is 0 Å².